The number of hydrogen-bond acceptors (Lipinski definition) is 5. The van der Waals surface area contributed by atoms with Gasteiger partial charge in [0.1, 0.15) is 11.3 Å². The number of aromatic nitrogens is 3. The van der Waals surface area contributed by atoms with Crippen LogP contribution in [-0.2, 0) is 4.79 Å². The van der Waals surface area contributed by atoms with Crippen LogP contribution in [0.3, 0.4) is 0 Å². The fourth-order valence-electron chi connectivity index (χ4n) is 2.73. The zero-order valence-corrected chi connectivity index (χ0v) is 11.0. The number of nitrogens with one attached hydrogen (secondary N) is 1. The third-order valence-electron chi connectivity index (χ3n) is 3.95. The van der Waals surface area contributed by atoms with Crippen LogP contribution in [0, 0.1) is 5.41 Å². The van der Waals surface area contributed by atoms with E-state index >= 15 is 0 Å². The van der Waals surface area contributed by atoms with Gasteiger partial charge in [0.2, 0.25) is 0 Å². The molecule has 0 amide bonds. The largest absolute Gasteiger partial charge is 0.481 e. The normalized spacial score (nSPS) is 17.2. The molecule has 0 bridgehead atoms. The maximum atomic E-state index is 11.5. The van der Waals surface area contributed by atoms with Crippen molar-refractivity contribution in [2.75, 3.05) is 11.9 Å². The smallest absolute Gasteiger partial charge is 0.311 e. The first-order valence-corrected chi connectivity index (χ1v) is 6.75. The molecule has 0 aromatic carbocycles. The van der Waals surface area contributed by atoms with Crippen LogP contribution in [-0.4, -0.2) is 32.6 Å². The standard InChI is InChI=1S/C14H16N4O2/c19-13(20)14(5-1-2-6-14)9-17-11-4-3-10-12(18-11)16-8-7-15-10/h3-4,7-8H,1-2,5-6,9H2,(H,19,20)(H,16,17,18). The molecule has 0 spiro atoms. The second-order valence-corrected chi connectivity index (χ2v) is 5.24. The van der Waals surface area contributed by atoms with Gasteiger partial charge in [-0.1, -0.05) is 12.8 Å². The Kier molecular flexibility index (Phi) is 3.22. The van der Waals surface area contributed by atoms with Crippen LogP contribution in [0.4, 0.5) is 5.82 Å². The molecule has 0 aliphatic heterocycles. The van der Waals surface area contributed by atoms with Gasteiger partial charge >= 0.3 is 5.97 Å². The van der Waals surface area contributed by atoms with E-state index in [9.17, 15) is 9.90 Å². The molecule has 2 aromatic rings. The van der Waals surface area contributed by atoms with Crippen molar-refractivity contribution in [3.63, 3.8) is 0 Å². The molecule has 6 nitrogen and oxygen atoms in total. The number of carboxylic acid groups (broad SMARTS) is 1. The van der Waals surface area contributed by atoms with Crippen LogP contribution < -0.4 is 5.32 Å². The van der Waals surface area contributed by atoms with Crippen LogP contribution in [0.2, 0.25) is 0 Å². The first-order chi connectivity index (χ1) is 9.70. The minimum atomic E-state index is -0.719. The molecule has 0 atom stereocenters. The van der Waals surface area contributed by atoms with Crippen molar-refractivity contribution < 1.29 is 9.90 Å². The number of anilines is 1. The molecule has 20 heavy (non-hydrogen) atoms. The lowest BCUT2D eigenvalue weighted by Gasteiger charge is -2.24. The summed E-state index contributed by atoms with van der Waals surface area (Å²) in [4.78, 5) is 24.1. The van der Waals surface area contributed by atoms with E-state index in [1.54, 1.807) is 12.4 Å². The van der Waals surface area contributed by atoms with Gasteiger partial charge in [-0.25, -0.2) is 9.97 Å². The topological polar surface area (TPSA) is 88.0 Å². The third kappa shape index (κ3) is 2.29. The second-order valence-electron chi connectivity index (χ2n) is 5.24. The summed E-state index contributed by atoms with van der Waals surface area (Å²) in [5.41, 5.74) is 0.638. The highest BCUT2D eigenvalue weighted by atomic mass is 16.4. The fraction of sp³-hybridized carbons (Fsp3) is 0.429. The minimum absolute atomic E-state index is 0.404. The van der Waals surface area contributed by atoms with Crippen molar-refractivity contribution in [3.8, 4) is 0 Å². The number of nitrogens with zero attached hydrogens (tertiary/aromatic N) is 3. The van der Waals surface area contributed by atoms with E-state index in [0.717, 1.165) is 31.2 Å². The summed E-state index contributed by atoms with van der Waals surface area (Å²) in [6.45, 7) is 0.404. The fourth-order valence-corrected chi connectivity index (χ4v) is 2.73. The van der Waals surface area contributed by atoms with E-state index < -0.39 is 11.4 Å². The van der Waals surface area contributed by atoms with Crippen LogP contribution in [0.5, 0.6) is 0 Å². The summed E-state index contributed by atoms with van der Waals surface area (Å²) in [7, 11) is 0. The van der Waals surface area contributed by atoms with Crippen molar-refractivity contribution in [1.82, 2.24) is 15.0 Å². The minimum Gasteiger partial charge on any atom is -0.481 e. The molecule has 1 aliphatic carbocycles. The van der Waals surface area contributed by atoms with Crippen molar-refractivity contribution in [2.45, 2.75) is 25.7 Å². The average molecular weight is 272 g/mol. The van der Waals surface area contributed by atoms with Crippen molar-refractivity contribution in [2.24, 2.45) is 5.41 Å². The molecule has 104 valence electrons. The van der Waals surface area contributed by atoms with Gasteiger partial charge < -0.3 is 10.4 Å². The van der Waals surface area contributed by atoms with E-state index in [1.807, 2.05) is 12.1 Å². The summed E-state index contributed by atoms with van der Waals surface area (Å²) < 4.78 is 0. The first kappa shape index (κ1) is 12.8. The van der Waals surface area contributed by atoms with Crippen LogP contribution in [0.25, 0.3) is 11.2 Å². The zero-order chi connectivity index (χ0) is 14.0. The molecule has 6 heteroatoms. The van der Waals surface area contributed by atoms with Crippen molar-refractivity contribution in [3.05, 3.63) is 24.5 Å². The summed E-state index contributed by atoms with van der Waals surface area (Å²) in [6.07, 6.45) is 6.62. The molecule has 0 radical (unpaired) electrons. The monoisotopic (exact) mass is 272 g/mol. The molecule has 1 saturated carbocycles. The van der Waals surface area contributed by atoms with E-state index in [1.165, 1.54) is 0 Å². The Hall–Kier alpha value is -2.24. The summed E-state index contributed by atoms with van der Waals surface area (Å²) >= 11 is 0. The predicted molar refractivity (Wildman–Crippen MR) is 74.4 cm³/mol. The molecule has 0 unspecified atom stereocenters. The SMILES string of the molecule is O=C(O)C1(CNc2ccc3nccnc3n2)CCCC1. The van der Waals surface area contributed by atoms with Crippen LogP contribution in [0.1, 0.15) is 25.7 Å². The van der Waals surface area contributed by atoms with Crippen LogP contribution >= 0.6 is 0 Å². The molecule has 1 fully saturated rings. The summed E-state index contributed by atoms with van der Waals surface area (Å²) in [5, 5.41) is 12.6. The van der Waals surface area contributed by atoms with Gasteiger partial charge in [0.15, 0.2) is 5.65 Å². The molecular formula is C14H16N4O2. The Morgan fingerprint density at radius 1 is 1.25 bits per heavy atom. The maximum Gasteiger partial charge on any atom is 0.311 e. The lowest BCUT2D eigenvalue weighted by atomic mass is 9.86. The quantitative estimate of drug-likeness (QED) is 0.886. The molecule has 2 aromatic heterocycles. The van der Waals surface area contributed by atoms with Gasteiger partial charge in [0.05, 0.1) is 5.41 Å². The van der Waals surface area contributed by atoms with Gasteiger partial charge in [-0.3, -0.25) is 9.78 Å². The van der Waals surface area contributed by atoms with Gasteiger partial charge in [-0.15, -0.1) is 0 Å². The maximum absolute atomic E-state index is 11.5. The number of hydrogen-bond donors (Lipinski definition) is 2. The molecular weight excluding hydrogens is 256 g/mol. The highest BCUT2D eigenvalue weighted by Gasteiger charge is 2.41. The lowest BCUT2D eigenvalue weighted by Crippen LogP contribution is -2.35. The number of aliphatic carboxylic acids is 1. The Bertz CT molecular complexity index is 638. The molecule has 3 rings (SSSR count). The lowest BCUT2D eigenvalue weighted by molar-refractivity contribution is -0.147. The molecule has 0 saturated heterocycles. The van der Waals surface area contributed by atoms with E-state index in [-0.39, 0.29) is 0 Å². The van der Waals surface area contributed by atoms with Crippen LogP contribution in [0.15, 0.2) is 24.5 Å². The summed E-state index contributed by atoms with van der Waals surface area (Å²) in [5.74, 6) is -0.0754. The Morgan fingerprint density at radius 2 is 2.00 bits per heavy atom. The van der Waals surface area contributed by atoms with E-state index in [0.29, 0.717) is 18.0 Å². The number of fused-ring (bicyclic) bond motifs is 1. The van der Waals surface area contributed by atoms with E-state index in [2.05, 4.69) is 20.3 Å². The second kappa shape index (κ2) is 5.03. The first-order valence-electron chi connectivity index (χ1n) is 6.75. The Balaban J connectivity index is 1.77. The average Bonchev–Trinajstić information content (AvgIpc) is 2.95. The van der Waals surface area contributed by atoms with Crippen molar-refractivity contribution in [1.29, 1.82) is 0 Å². The van der Waals surface area contributed by atoms with Gasteiger partial charge in [0, 0.05) is 18.9 Å². The molecule has 2 N–H and O–H groups in total. The highest BCUT2D eigenvalue weighted by Crippen LogP contribution is 2.38. The van der Waals surface area contributed by atoms with Crippen molar-refractivity contribution >= 4 is 23.0 Å². The van der Waals surface area contributed by atoms with Gasteiger partial charge in [-0.2, -0.15) is 0 Å². The van der Waals surface area contributed by atoms with Gasteiger partial charge in [0.25, 0.3) is 0 Å². The number of carboxylic acids is 1. The number of pyridine rings is 1. The van der Waals surface area contributed by atoms with Gasteiger partial charge in [-0.05, 0) is 25.0 Å². The number of rotatable bonds is 4. The predicted octanol–water partition coefficient (Wildman–Crippen LogP) is 2.08. The highest BCUT2D eigenvalue weighted by molar-refractivity contribution is 5.76. The van der Waals surface area contributed by atoms with E-state index in [4.69, 9.17) is 0 Å². The molecule has 1 aliphatic rings. The summed E-state index contributed by atoms with van der Waals surface area (Å²) in [6, 6.07) is 3.64. The third-order valence-corrected chi connectivity index (χ3v) is 3.95. The Labute approximate surface area is 116 Å². The zero-order valence-electron chi connectivity index (χ0n) is 11.0. The molecule has 2 heterocycles. The number of carbonyl (C=O) groups is 1. The Morgan fingerprint density at radius 3 is 2.75 bits per heavy atom.